The van der Waals surface area contributed by atoms with Crippen LogP contribution in [-0.2, 0) is 6.54 Å². The fraction of sp³-hybridized carbons (Fsp3) is 0.250. The van der Waals surface area contributed by atoms with Gasteiger partial charge in [0.15, 0.2) is 0 Å². The molecule has 0 fully saturated rings. The maximum absolute atomic E-state index is 13.0. The van der Waals surface area contributed by atoms with Crippen LogP contribution in [-0.4, -0.2) is 6.54 Å². The second-order valence-corrected chi connectivity index (χ2v) is 5.42. The Balaban J connectivity index is 2.09. The summed E-state index contributed by atoms with van der Waals surface area (Å²) in [5.41, 5.74) is 1.00. The monoisotopic (exact) mass is 327 g/mol. The summed E-state index contributed by atoms with van der Waals surface area (Å²) in [5.74, 6) is 0.557. The van der Waals surface area contributed by atoms with Gasteiger partial charge in [0.05, 0.1) is 5.02 Å². The molecule has 2 aromatic rings. The third kappa shape index (κ3) is 4.60. The summed E-state index contributed by atoms with van der Waals surface area (Å²) in [6, 6.07) is 9.44. The van der Waals surface area contributed by atoms with Crippen LogP contribution in [0.15, 0.2) is 36.4 Å². The number of benzene rings is 2. The Morgan fingerprint density at radius 2 is 1.90 bits per heavy atom. The van der Waals surface area contributed by atoms with E-state index in [0.29, 0.717) is 23.1 Å². The van der Waals surface area contributed by atoms with Crippen LogP contribution in [0.3, 0.4) is 0 Å². The smallest absolute Gasteiger partial charge is 0.146 e. The molecular weight excluding hydrogens is 312 g/mol. The summed E-state index contributed by atoms with van der Waals surface area (Å²) in [5, 5.41) is 4.13. The number of ether oxygens (including phenoxy) is 1. The Bertz CT molecular complexity index is 619. The zero-order valence-electron chi connectivity index (χ0n) is 11.6. The summed E-state index contributed by atoms with van der Waals surface area (Å²) in [7, 11) is 0. The van der Waals surface area contributed by atoms with Crippen LogP contribution in [0.25, 0.3) is 0 Å². The predicted octanol–water partition coefficient (Wildman–Crippen LogP) is 5.42. The van der Waals surface area contributed by atoms with Gasteiger partial charge in [0, 0.05) is 11.6 Å². The highest BCUT2D eigenvalue weighted by atomic mass is 35.5. The lowest BCUT2D eigenvalue weighted by Gasteiger charge is -2.10. The van der Waals surface area contributed by atoms with Crippen molar-refractivity contribution in [1.82, 2.24) is 5.32 Å². The second kappa shape index (κ2) is 7.64. The molecule has 0 unspecified atom stereocenters. The van der Waals surface area contributed by atoms with Crippen molar-refractivity contribution in [1.29, 1.82) is 0 Å². The van der Waals surface area contributed by atoms with Crippen LogP contribution >= 0.6 is 23.2 Å². The Hall–Kier alpha value is -1.29. The minimum absolute atomic E-state index is 0.222. The maximum Gasteiger partial charge on any atom is 0.146 e. The third-order valence-corrected chi connectivity index (χ3v) is 3.54. The molecule has 2 aromatic carbocycles. The fourth-order valence-electron chi connectivity index (χ4n) is 1.82. The van der Waals surface area contributed by atoms with Crippen LogP contribution in [0.1, 0.15) is 18.9 Å². The largest absolute Gasteiger partial charge is 0.456 e. The molecule has 21 heavy (non-hydrogen) atoms. The van der Waals surface area contributed by atoms with Crippen molar-refractivity contribution in [2.75, 3.05) is 6.54 Å². The number of hydrogen-bond donors (Lipinski definition) is 1. The third-order valence-electron chi connectivity index (χ3n) is 2.89. The topological polar surface area (TPSA) is 21.3 Å². The molecule has 0 aliphatic carbocycles. The summed E-state index contributed by atoms with van der Waals surface area (Å²) in [6.45, 7) is 3.77. The number of hydrogen-bond acceptors (Lipinski definition) is 2. The van der Waals surface area contributed by atoms with Crippen molar-refractivity contribution in [3.05, 3.63) is 57.8 Å². The number of nitrogens with one attached hydrogen (secondary N) is 1. The van der Waals surface area contributed by atoms with Crippen molar-refractivity contribution in [2.45, 2.75) is 19.9 Å². The summed E-state index contributed by atoms with van der Waals surface area (Å²) >= 11 is 12.2. The molecular formula is C16H16Cl2FNO. The molecule has 2 rings (SSSR count). The quantitative estimate of drug-likeness (QED) is 0.715. The standard InChI is InChI=1S/C16H16Cl2FNO/c1-2-7-20-10-11-3-5-13(9-14(11)17)21-16-6-4-12(19)8-15(16)18/h3-6,8-9,20H,2,7,10H2,1H3. The zero-order chi connectivity index (χ0) is 15.2. The van der Waals surface area contributed by atoms with Gasteiger partial charge in [0.25, 0.3) is 0 Å². The van der Waals surface area contributed by atoms with E-state index in [9.17, 15) is 4.39 Å². The highest BCUT2D eigenvalue weighted by Gasteiger charge is 2.07. The molecule has 0 aliphatic rings. The van der Waals surface area contributed by atoms with E-state index in [4.69, 9.17) is 27.9 Å². The van der Waals surface area contributed by atoms with Gasteiger partial charge in [0.1, 0.15) is 17.3 Å². The fourth-order valence-corrected chi connectivity index (χ4v) is 2.26. The van der Waals surface area contributed by atoms with Crippen LogP contribution in [0.2, 0.25) is 10.0 Å². The van der Waals surface area contributed by atoms with E-state index in [1.807, 2.05) is 12.1 Å². The molecule has 0 amide bonds. The molecule has 0 atom stereocenters. The van der Waals surface area contributed by atoms with E-state index in [1.54, 1.807) is 6.07 Å². The number of halogens is 3. The van der Waals surface area contributed by atoms with Gasteiger partial charge in [-0.2, -0.15) is 0 Å². The van der Waals surface area contributed by atoms with Gasteiger partial charge in [-0.15, -0.1) is 0 Å². The zero-order valence-corrected chi connectivity index (χ0v) is 13.1. The van der Waals surface area contributed by atoms with E-state index in [1.165, 1.54) is 18.2 Å². The minimum atomic E-state index is -0.400. The van der Waals surface area contributed by atoms with Gasteiger partial charge in [-0.25, -0.2) is 4.39 Å². The average Bonchev–Trinajstić information content (AvgIpc) is 2.44. The average molecular weight is 328 g/mol. The second-order valence-electron chi connectivity index (χ2n) is 4.61. The first-order valence-electron chi connectivity index (χ1n) is 6.72. The Kier molecular flexibility index (Phi) is 5.85. The summed E-state index contributed by atoms with van der Waals surface area (Å²) < 4.78 is 18.6. The summed E-state index contributed by atoms with van der Waals surface area (Å²) in [4.78, 5) is 0. The predicted molar refractivity (Wildman–Crippen MR) is 84.9 cm³/mol. The molecule has 0 saturated carbocycles. The van der Waals surface area contributed by atoms with Crippen LogP contribution in [0.4, 0.5) is 4.39 Å². The first-order valence-corrected chi connectivity index (χ1v) is 7.47. The molecule has 0 heterocycles. The molecule has 2 nitrogen and oxygen atoms in total. The van der Waals surface area contributed by atoms with Gasteiger partial charge in [0.2, 0.25) is 0 Å². The van der Waals surface area contributed by atoms with Crippen molar-refractivity contribution in [3.8, 4) is 11.5 Å². The molecule has 0 radical (unpaired) electrons. The van der Waals surface area contributed by atoms with Gasteiger partial charge in [-0.1, -0.05) is 36.2 Å². The van der Waals surface area contributed by atoms with Crippen molar-refractivity contribution >= 4 is 23.2 Å². The lowest BCUT2D eigenvalue weighted by molar-refractivity contribution is 0.480. The Morgan fingerprint density at radius 3 is 2.57 bits per heavy atom. The first kappa shape index (κ1) is 16.1. The van der Waals surface area contributed by atoms with Gasteiger partial charge in [-0.3, -0.25) is 0 Å². The molecule has 0 bridgehead atoms. The molecule has 1 N–H and O–H groups in total. The number of rotatable bonds is 6. The lowest BCUT2D eigenvalue weighted by Crippen LogP contribution is -2.13. The Labute approximate surface area is 133 Å². The van der Waals surface area contributed by atoms with E-state index >= 15 is 0 Å². The van der Waals surface area contributed by atoms with Gasteiger partial charge < -0.3 is 10.1 Å². The molecule has 112 valence electrons. The lowest BCUT2D eigenvalue weighted by atomic mass is 10.2. The Morgan fingerprint density at radius 1 is 1.10 bits per heavy atom. The van der Waals surface area contributed by atoms with Crippen LogP contribution in [0, 0.1) is 5.82 Å². The molecule has 0 spiro atoms. The van der Waals surface area contributed by atoms with E-state index in [-0.39, 0.29) is 5.02 Å². The summed E-state index contributed by atoms with van der Waals surface area (Å²) in [6.07, 6.45) is 1.07. The van der Waals surface area contributed by atoms with Gasteiger partial charge in [-0.05, 0) is 48.9 Å². The maximum atomic E-state index is 13.0. The van der Waals surface area contributed by atoms with E-state index in [0.717, 1.165) is 18.5 Å². The highest BCUT2D eigenvalue weighted by molar-refractivity contribution is 6.32. The van der Waals surface area contributed by atoms with Crippen LogP contribution in [0.5, 0.6) is 11.5 Å². The van der Waals surface area contributed by atoms with E-state index < -0.39 is 5.82 Å². The van der Waals surface area contributed by atoms with Crippen molar-refractivity contribution in [3.63, 3.8) is 0 Å². The van der Waals surface area contributed by atoms with E-state index in [2.05, 4.69) is 12.2 Å². The molecule has 5 heteroatoms. The first-order chi connectivity index (χ1) is 10.1. The molecule has 0 saturated heterocycles. The minimum Gasteiger partial charge on any atom is -0.456 e. The van der Waals surface area contributed by atoms with Crippen LogP contribution < -0.4 is 10.1 Å². The highest BCUT2D eigenvalue weighted by Crippen LogP contribution is 2.31. The van der Waals surface area contributed by atoms with Crippen molar-refractivity contribution < 1.29 is 9.13 Å². The van der Waals surface area contributed by atoms with Gasteiger partial charge >= 0.3 is 0 Å². The van der Waals surface area contributed by atoms with Crippen molar-refractivity contribution in [2.24, 2.45) is 0 Å². The molecule has 0 aliphatic heterocycles. The SMILES string of the molecule is CCCNCc1ccc(Oc2ccc(F)cc2Cl)cc1Cl. The molecule has 0 aromatic heterocycles. The normalized spacial score (nSPS) is 10.7.